The summed E-state index contributed by atoms with van der Waals surface area (Å²) in [6, 6.07) is 1.45. The summed E-state index contributed by atoms with van der Waals surface area (Å²) >= 11 is 0. The van der Waals surface area contributed by atoms with Crippen LogP contribution in [-0.2, 0) is 23.6 Å². The van der Waals surface area contributed by atoms with E-state index >= 15 is 0 Å². The number of nitrogens with one attached hydrogen (secondary N) is 1. The molecule has 0 fully saturated rings. The van der Waals surface area contributed by atoms with Crippen molar-refractivity contribution in [3.05, 3.63) is 24.4 Å². The minimum atomic E-state index is -3.56. The van der Waals surface area contributed by atoms with Gasteiger partial charge in [-0.25, -0.2) is 13.4 Å². The Hall–Kier alpha value is -1.74. The number of aryl methyl sites for hydroxylation is 1. The fraction of sp³-hybridized carbons (Fsp3) is 0.375. The van der Waals surface area contributed by atoms with Gasteiger partial charge >= 0.3 is 0 Å². The first-order chi connectivity index (χ1) is 8.01. The third kappa shape index (κ3) is 2.19. The van der Waals surface area contributed by atoms with Gasteiger partial charge in [-0.3, -0.25) is 9.78 Å². The lowest BCUT2D eigenvalue weighted by atomic mass is 10.6. The molecule has 0 aromatic carbocycles. The predicted molar refractivity (Wildman–Crippen MR) is 58.2 cm³/mol. The van der Waals surface area contributed by atoms with Gasteiger partial charge in [-0.1, -0.05) is 0 Å². The van der Waals surface area contributed by atoms with E-state index in [1.165, 1.54) is 34.6 Å². The molecule has 9 heteroatoms. The largest absolute Gasteiger partial charge is 0.262 e. The number of aromatic nitrogens is 5. The van der Waals surface area contributed by atoms with Crippen molar-refractivity contribution in [1.29, 1.82) is 0 Å². The number of aromatic amines is 1. The van der Waals surface area contributed by atoms with Gasteiger partial charge < -0.3 is 0 Å². The number of nitrogens with zero attached hydrogens (tertiary/aromatic N) is 5. The molecule has 0 aliphatic carbocycles. The standard InChI is InChI=1S/C8H12N6O2S/c1-13(5-7-9-6-10-12-7)17(15,16)8-3-4-11-14(8)2/h3-4,6H,5H2,1-2H3,(H,9,10,12). The SMILES string of the molecule is CN(Cc1ncn[nH]1)S(=O)(=O)c1ccnn1C. The van der Waals surface area contributed by atoms with Crippen LogP contribution >= 0.6 is 0 Å². The topological polar surface area (TPSA) is 96.8 Å². The van der Waals surface area contributed by atoms with Crippen LogP contribution < -0.4 is 0 Å². The average Bonchev–Trinajstić information content (AvgIpc) is 2.89. The van der Waals surface area contributed by atoms with E-state index in [9.17, 15) is 8.42 Å². The molecule has 0 saturated carbocycles. The fourth-order valence-electron chi connectivity index (χ4n) is 1.38. The van der Waals surface area contributed by atoms with Gasteiger partial charge in [-0.2, -0.15) is 14.5 Å². The van der Waals surface area contributed by atoms with E-state index < -0.39 is 10.0 Å². The Morgan fingerprint density at radius 1 is 1.53 bits per heavy atom. The summed E-state index contributed by atoms with van der Waals surface area (Å²) in [5, 5.41) is 10.2. The van der Waals surface area contributed by atoms with Gasteiger partial charge in [0.2, 0.25) is 0 Å². The Bertz CT molecular complexity index is 587. The number of hydrogen-bond acceptors (Lipinski definition) is 5. The minimum absolute atomic E-state index is 0.132. The normalized spacial score (nSPS) is 12.2. The molecule has 0 aliphatic rings. The molecule has 0 amide bonds. The average molecular weight is 256 g/mol. The maximum Gasteiger partial charge on any atom is 0.260 e. The highest BCUT2D eigenvalue weighted by molar-refractivity contribution is 7.89. The molecule has 0 saturated heterocycles. The van der Waals surface area contributed by atoms with Crippen molar-refractivity contribution in [3.8, 4) is 0 Å². The highest BCUT2D eigenvalue weighted by Crippen LogP contribution is 2.13. The number of sulfonamides is 1. The number of hydrogen-bond donors (Lipinski definition) is 1. The lowest BCUT2D eigenvalue weighted by Gasteiger charge is -2.15. The first-order valence-corrected chi connectivity index (χ1v) is 6.24. The molecular formula is C8H12N6O2S. The molecule has 0 spiro atoms. The van der Waals surface area contributed by atoms with Crippen LogP contribution in [0.15, 0.2) is 23.6 Å². The molecular weight excluding hydrogens is 244 g/mol. The monoisotopic (exact) mass is 256 g/mol. The Balaban J connectivity index is 2.25. The van der Waals surface area contributed by atoms with Crippen LogP contribution in [0.1, 0.15) is 5.82 Å². The number of rotatable bonds is 4. The second-order valence-electron chi connectivity index (χ2n) is 3.49. The molecule has 0 radical (unpaired) electrons. The maximum absolute atomic E-state index is 12.1. The summed E-state index contributed by atoms with van der Waals surface area (Å²) < 4.78 is 26.8. The second kappa shape index (κ2) is 4.26. The molecule has 0 aliphatic heterocycles. The van der Waals surface area contributed by atoms with E-state index in [1.807, 2.05) is 0 Å². The first kappa shape index (κ1) is 11.7. The molecule has 2 aromatic heterocycles. The Morgan fingerprint density at radius 2 is 2.29 bits per heavy atom. The van der Waals surface area contributed by atoms with Gasteiger partial charge in [0.05, 0.1) is 12.7 Å². The van der Waals surface area contributed by atoms with E-state index in [4.69, 9.17) is 0 Å². The van der Waals surface area contributed by atoms with Gasteiger partial charge in [0, 0.05) is 14.1 Å². The molecule has 2 aromatic rings. The van der Waals surface area contributed by atoms with E-state index in [0.29, 0.717) is 5.82 Å². The van der Waals surface area contributed by atoms with Crippen molar-refractivity contribution in [2.75, 3.05) is 7.05 Å². The lowest BCUT2D eigenvalue weighted by molar-refractivity contribution is 0.449. The van der Waals surface area contributed by atoms with Crippen LogP contribution in [0.5, 0.6) is 0 Å². The zero-order valence-corrected chi connectivity index (χ0v) is 10.2. The molecule has 2 heterocycles. The van der Waals surface area contributed by atoms with Crippen molar-refractivity contribution in [1.82, 2.24) is 29.3 Å². The Labute approximate surface area is 98.3 Å². The van der Waals surface area contributed by atoms with Crippen molar-refractivity contribution < 1.29 is 8.42 Å². The van der Waals surface area contributed by atoms with Gasteiger partial charge in [0.25, 0.3) is 10.0 Å². The second-order valence-corrected chi connectivity index (χ2v) is 5.48. The summed E-state index contributed by atoms with van der Waals surface area (Å²) in [6.45, 7) is 0.132. The quantitative estimate of drug-likeness (QED) is 0.784. The van der Waals surface area contributed by atoms with Gasteiger partial charge in [0.15, 0.2) is 5.03 Å². The van der Waals surface area contributed by atoms with Gasteiger partial charge in [-0.15, -0.1) is 0 Å². The summed E-state index contributed by atoms with van der Waals surface area (Å²) in [4.78, 5) is 3.88. The van der Waals surface area contributed by atoms with Crippen LogP contribution in [0.25, 0.3) is 0 Å². The summed E-state index contributed by atoms with van der Waals surface area (Å²) in [7, 11) is -0.501. The molecule has 2 rings (SSSR count). The molecule has 92 valence electrons. The zero-order valence-electron chi connectivity index (χ0n) is 9.40. The van der Waals surface area contributed by atoms with Crippen LogP contribution in [0.3, 0.4) is 0 Å². The number of H-pyrrole nitrogens is 1. The lowest BCUT2D eigenvalue weighted by Crippen LogP contribution is -2.28. The molecule has 17 heavy (non-hydrogen) atoms. The molecule has 0 unspecified atom stereocenters. The Morgan fingerprint density at radius 3 is 2.82 bits per heavy atom. The smallest absolute Gasteiger partial charge is 0.260 e. The summed E-state index contributed by atoms with van der Waals surface area (Å²) in [5.74, 6) is 0.484. The minimum Gasteiger partial charge on any atom is -0.262 e. The van der Waals surface area contributed by atoms with E-state index in [0.717, 1.165) is 0 Å². The highest BCUT2D eigenvalue weighted by atomic mass is 32.2. The van der Waals surface area contributed by atoms with Crippen molar-refractivity contribution in [2.24, 2.45) is 7.05 Å². The van der Waals surface area contributed by atoms with Crippen LogP contribution in [0, 0.1) is 0 Å². The van der Waals surface area contributed by atoms with E-state index in [-0.39, 0.29) is 11.6 Å². The van der Waals surface area contributed by atoms with E-state index in [2.05, 4.69) is 20.3 Å². The first-order valence-electron chi connectivity index (χ1n) is 4.80. The Kier molecular flexibility index (Phi) is 2.94. The maximum atomic E-state index is 12.1. The zero-order chi connectivity index (χ0) is 12.5. The molecule has 0 bridgehead atoms. The van der Waals surface area contributed by atoms with Gasteiger partial charge in [-0.05, 0) is 6.07 Å². The van der Waals surface area contributed by atoms with Crippen LogP contribution in [0.4, 0.5) is 0 Å². The highest BCUT2D eigenvalue weighted by Gasteiger charge is 2.24. The van der Waals surface area contributed by atoms with Crippen molar-refractivity contribution in [3.63, 3.8) is 0 Å². The predicted octanol–water partition coefficient (Wildman–Crippen LogP) is -0.641. The summed E-state index contributed by atoms with van der Waals surface area (Å²) in [5.41, 5.74) is 0. The van der Waals surface area contributed by atoms with Crippen molar-refractivity contribution >= 4 is 10.0 Å². The molecule has 8 nitrogen and oxygen atoms in total. The van der Waals surface area contributed by atoms with Crippen LogP contribution in [0.2, 0.25) is 0 Å². The van der Waals surface area contributed by atoms with Crippen LogP contribution in [-0.4, -0.2) is 44.7 Å². The van der Waals surface area contributed by atoms with E-state index in [1.54, 1.807) is 7.05 Å². The van der Waals surface area contributed by atoms with Crippen molar-refractivity contribution in [2.45, 2.75) is 11.6 Å². The fourth-order valence-corrected chi connectivity index (χ4v) is 2.60. The summed E-state index contributed by atoms with van der Waals surface area (Å²) in [6.07, 6.45) is 2.77. The molecule has 1 N–H and O–H groups in total. The van der Waals surface area contributed by atoms with Gasteiger partial charge in [0.1, 0.15) is 12.2 Å². The third-order valence-electron chi connectivity index (χ3n) is 2.29. The third-order valence-corrected chi connectivity index (χ3v) is 4.17. The molecule has 0 atom stereocenters.